The van der Waals surface area contributed by atoms with Gasteiger partial charge < -0.3 is 20.6 Å². The molecule has 0 aromatic carbocycles. The van der Waals surface area contributed by atoms with Crippen LogP contribution in [-0.2, 0) is 4.79 Å². The van der Waals surface area contributed by atoms with E-state index in [9.17, 15) is 20.1 Å². The van der Waals surface area contributed by atoms with Gasteiger partial charge in [-0.05, 0) is 44.9 Å². The van der Waals surface area contributed by atoms with Gasteiger partial charge in [0.25, 0.3) is 0 Å². The van der Waals surface area contributed by atoms with E-state index < -0.39 is 18.2 Å². The summed E-state index contributed by atoms with van der Waals surface area (Å²) in [6, 6.07) is -0.809. The molecular formula is C72H141NO4. The summed E-state index contributed by atoms with van der Waals surface area (Å²) in [5.74, 6) is -0.137. The molecule has 3 unspecified atom stereocenters. The minimum atomic E-state index is -1.14. The van der Waals surface area contributed by atoms with Crippen LogP contribution < -0.4 is 5.32 Å². The summed E-state index contributed by atoms with van der Waals surface area (Å²) >= 11 is 0. The first-order valence-electron chi connectivity index (χ1n) is 35.6. The Morgan fingerprint density at radius 2 is 0.558 bits per heavy atom. The van der Waals surface area contributed by atoms with Crippen molar-refractivity contribution in [1.29, 1.82) is 0 Å². The molecule has 0 aliphatic rings. The first-order chi connectivity index (χ1) is 38.1. The number of aliphatic hydroxyl groups excluding tert-OH is 3. The maximum absolute atomic E-state index is 12.6. The lowest BCUT2D eigenvalue weighted by atomic mass is 9.99. The highest BCUT2D eigenvalue weighted by Crippen LogP contribution is 2.20. The van der Waals surface area contributed by atoms with Crippen LogP contribution in [0.25, 0.3) is 0 Å². The largest absolute Gasteiger partial charge is 0.394 e. The zero-order valence-electron chi connectivity index (χ0n) is 52.6. The summed E-state index contributed by atoms with van der Waals surface area (Å²) in [6.45, 7) is 4.24. The second-order valence-corrected chi connectivity index (χ2v) is 24.8. The molecule has 0 bridgehead atoms. The maximum atomic E-state index is 12.6. The van der Waals surface area contributed by atoms with Crippen molar-refractivity contribution in [3.05, 3.63) is 24.3 Å². The maximum Gasteiger partial charge on any atom is 0.220 e. The fraction of sp³-hybridized carbons (Fsp3) is 0.931. The van der Waals surface area contributed by atoms with Crippen LogP contribution in [-0.4, -0.2) is 46.1 Å². The lowest BCUT2D eigenvalue weighted by Gasteiger charge is -2.26. The molecule has 0 fully saturated rings. The number of aliphatic hydroxyl groups is 3. The quantitative estimate of drug-likeness (QED) is 0.0361. The van der Waals surface area contributed by atoms with Crippen molar-refractivity contribution in [2.75, 3.05) is 6.61 Å². The molecule has 1 amide bonds. The topological polar surface area (TPSA) is 89.8 Å². The van der Waals surface area contributed by atoms with E-state index in [4.69, 9.17) is 0 Å². The molecule has 0 radical (unpaired) electrons. The minimum Gasteiger partial charge on any atom is -0.394 e. The average molecular weight is 1080 g/mol. The molecule has 5 nitrogen and oxygen atoms in total. The summed E-state index contributed by atoms with van der Waals surface area (Å²) in [6.07, 6.45) is 88.3. The number of amides is 1. The Kier molecular flexibility index (Phi) is 66.3. The van der Waals surface area contributed by atoms with Crippen molar-refractivity contribution in [2.24, 2.45) is 0 Å². The van der Waals surface area contributed by atoms with Gasteiger partial charge in [0.15, 0.2) is 0 Å². The fourth-order valence-electron chi connectivity index (χ4n) is 11.6. The fourth-order valence-corrected chi connectivity index (χ4v) is 11.6. The summed E-state index contributed by atoms with van der Waals surface area (Å²) in [5.41, 5.74) is 0. The molecule has 0 aliphatic heterocycles. The number of nitrogens with one attached hydrogen (secondary N) is 1. The Morgan fingerprint density at radius 3 is 0.818 bits per heavy atom. The molecule has 0 aromatic rings. The molecule has 0 saturated carbocycles. The Hall–Kier alpha value is -1.17. The molecule has 77 heavy (non-hydrogen) atoms. The number of unbranched alkanes of at least 4 members (excludes halogenated alkanes) is 55. The number of allylic oxidation sites excluding steroid dienone is 4. The second kappa shape index (κ2) is 67.3. The second-order valence-electron chi connectivity index (χ2n) is 24.8. The van der Waals surface area contributed by atoms with Gasteiger partial charge >= 0.3 is 0 Å². The standard InChI is InChI=1S/C72H141NO4/c1-3-5-7-9-11-13-15-17-19-21-23-25-27-29-30-31-32-33-34-35-36-37-38-39-40-41-42-43-45-47-49-51-53-55-57-59-61-63-65-67-71(76)73-69(68-74)72(77)70(75)66-64-62-60-58-56-54-52-50-48-46-44-28-26-24-22-20-18-16-14-12-10-8-6-4-2/h32-33,35-36,69-70,72,74-75,77H,3-31,34,37-68H2,1-2H3,(H,73,76)/b33-32-,36-35-. The molecule has 0 spiro atoms. The van der Waals surface area contributed by atoms with E-state index in [1.54, 1.807) is 0 Å². The van der Waals surface area contributed by atoms with Crippen LogP contribution in [0.5, 0.6) is 0 Å². The predicted molar refractivity (Wildman–Crippen MR) is 342 cm³/mol. The molecule has 0 rings (SSSR count). The van der Waals surface area contributed by atoms with E-state index in [0.29, 0.717) is 12.8 Å². The number of carbonyl (C=O) groups is 1. The third-order valence-electron chi connectivity index (χ3n) is 17.1. The van der Waals surface area contributed by atoms with Gasteiger partial charge in [-0.25, -0.2) is 0 Å². The molecule has 5 heteroatoms. The molecule has 4 N–H and O–H groups in total. The van der Waals surface area contributed by atoms with Gasteiger partial charge in [0.05, 0.1) is 18.8 Å². The zero-order chi connectivity index (χ0) is 55.7. The van der Waals surface area contributed by atoms with Gasteiger partial charge in [-0.2, -0.15) is 0 Å². The molecule has 0 saturated heterocycles. The SMILES string of the molecule is CCCCCCCCCCCCCCCCC/C=C\C/C=C\CCCCCCCCCCCCCCCCCCCC(=O)NC(CO)C(O)C(O)CCCCCCCCCCCCCCCCCCCCCCCCCC. The lowest BCUT2D eigenvalue weighted by Crippen LogP contribution is -2.50. The first-order valence-corrected chi connectivity index (χ1v) is 35.6. The van der Waals surface area contributed by atoms with Crippen LogP contribution in [0.3, 0.4) is 0 Å². The summed E-state index contributed by atoms with van der Waals surface area (Å²) in [7, 11) is 0. The normalized spacial score (nSPS) is 13.2. The van der Waals surface area contributed by atoms with Crippen molar-refractivity contribution < 1.29 is 20.1 Å². The number of hydrogen-bond acceptors (Lipinski definition) is 4. The molecular weight excluding hydrogens is 943 g/mol. The van der Waals surface area contributed by atoms with Crippen LogP contribution in [0.1, 0.15) is 406 Å². The van der Waals surface area contributed by atoms with Crippen molar-refractivity contribution in [3.63, 3.8) is 0 Å². The van der Waals surface area contributed by atoms with E-state index in [1.165, 1.54) is 340 Å². The van der Waals surface area contributed by atoms with Crippen molar-refractivity contribution in [3.8, 4) is 0 Å². The number of carbonyl (C=O) groups excluding carboxylic acids is 1. The molecule has 0 heterocycles. The number of hydrogen-bond donors (Lipinski definition) is 4. The monoisotopic (exact) mass is 1080 g/mol. The third kappa shape index (κ3) is 62.3. The van der Waals surface area contributed by atoms with Crippen molar-refractivity contribution in [2.45, 2.75) is 424 Å². The first kappa shape index (κ1) is 75.8. The Labute approximate surface area is 483 Å². The molecule has 3 atom stereocenters. The predicted octanol–water partition coefficient (Wildman–Crippen LogP) is 23.1. The zero-order valence-corrected chi connectivity index (χ0v) is 52.6. The van der Waals surface area contributed by atoms with E-state index in [-0.39, 0.29) is 12.5 Å². The van der Waals surface area contributed by atoms with Crippen LogP contribution in [0.4, 0.5) is 0 Å². The van der Waals surface area contributed by atoms with E-state index in [0.717, 1.165) is 38.5 Å². The third-order valence-corrected chi connectivity index (χ3v) is 17.1. The summed E-state index contributed by atoms with van der Waals surface area (Å²) in [5, 5.41) is 34.0. The van der Waals surface area contributed by atoms with Crippen molar-refractivity contribution in [1.82, 2.24) is 5.32 Å². The highest BCUT2D eigenvalue weighted by atomic mass is 16.3. The van der Waals surface area contributed by atoms with Gasteiger partial charge in [0, 0.05) is 6.42 Å². The minimum absolute atomic E-state index is 0.137. The van der Waals surface area contributed by atoms with E-state index in [1.807, 2.05) is 0 Å². The molecule has 458 valence electrons. The molecule has 0 aromatic heterocycles. The summed E-state index contributed by atoms with van der Waals surface area (Å²) < 4.78 is 0. The summed E-state index contributed by atoms with van der Waals surface area (Å²) in [4.78, 5) is 12.6. The van der Waals surface area contributed by atoms with Crippen LogP contribution >= 0.6 is 0 Å². The Bertz CT molecular complexity index is 1160. The highest BCUT2D eigenvalue weighted by molar-refractivity contribution is 5.76. The molecule has 0 aliphatic carbocycles. The van der Waals surface area contributed by atoms with Crippen molar-refractivity contribution >= 4 is 5.91 Å². The van der Waals surface area contributed by atoms with Gasteiger partial charge in [0.1, 0.15) is 6.10 Å². The van der Waals surface area contributed by atoms with E-state index >= 15 is 0 Å². The Morgan fingerprint density at radius 1 is 0.325 bits per heavy atom. The lowest BCUT2D eigenvalue weighted by molar-refractivity contribution is -0.124. The van der Waals surface area contributed by atoms with Crippen LogP contribution in [0.15, 0.2) is 24.3 Å². The highest BCUT2D eigenvalue weighted by Gasteiger charge is 2.27. The van der Waals surface area contributed by atoms with Crippen LogP contribution in [0.2, 0.25) is 0 Å². The number of rotatable bonds is 67. The average Bonchev–Trinajstić information content (AvgIpc) is 3.43. The van der Waals surface area contributed by atoms with E-state index in [2.05, 4.69) is 43.5 Å². The van der Waals surface area contributed by atoms with Crippen LogP contribution in [0, 0.1) is 0 Å². The van der Waals surface area contributed by atoms with Gasteiger partial charge in [0.2, 0.25) is 5.91 Å². The van der Waals surface area contributed by atoms with Gasteiger partial charge in [-0.1, -0.05) is 378 Å². The smallest absolute Gasteiger partial charge is 0.220 e. The van der Waals surface area contributed by atoms with Gasteiger partial charge in [-0.3, -0.25) is 4.79 Å². The van der Waals surface area contributed by atoms with Gasteiger partial charge in [-0.15, -0.1) is 0 Å². The Balaban J connectivity index is 3.45.